The summed E-state index contributed by atoms with van der Waals surface area (Å²) in [4.78, 5) is 11.4. The lowest BCUT2D eigenvalue weighted by Crippen LogP contribution is -2.27. The predicted molar refractivity (Wildman–Crippen MR) is 58.1 cm³/mol. The maximum atomic E-state index is 11.4. The summed E-state index contributed by atoms with van der Waals surface area (Å²) in [6.07, 6.45) is -0.542. The molecule has 0 saturated heterocycles. The van der Waals surface area contributed by atoms with Gasteiger partial charge < -0.3 is 10.1 Å². The quantitative estimate of drug-likeness (QED) is 0.834. The fourth-order valence-corrected chi connectivity index (χ4v) is 1.18. The molecule has 1 aromatic heterocycles. The average molecular weight is 233 g/mol. The molecule has 88 valence electrons. The number of nitrogens with zero attached hydrogens (tertiary/aromatic N) is 4. The van der Waals surface area contributed by atoms with E-state index in [9.17, 15) is 4.79 Å². The summed E-state index contributed by atoms with van der Waals surface area (Å²) in [7, 11) is 1.69. The number of para-hydroxylation sites is 1. The van der Waals surface area contributed by atoms with Gasteiger partial charge in [0, 0.05) is 7.05 Å². The van der Waals surface area contributed by atoms with Gasteiger partial charge in [0.1, 0.15) is 5.75 Å². The maximum absolute atomic E-state index is 11.4. The molecule has 0 saturated carbocycles. The molecule has 2 rings (SSSR count). The van der Waals surface area contributed by atoms with E-state index in [2.05, 4.69) is 20.8 Å². The van der Waals surface area contributed by atoms with Gasteiger partial charge in [0.25, 0.3) is 0 Å². The topological polar surface area (TPSA) is 81.9 Å². The monoisotopic (exact) mass is 233 g/mol. The number of hydrogen-bond acceptors (Lipinski definition) is 5. The van der Waals surface area contributed by atoms with E-state index in [1.807, 2.05) is 6.07 Å². The lowest BCUT2D eigenvalue weighted by atomic mass is 10.3. The molecular weight excluding hydrogens is 222 g/mol. The minimum Gasteiger partial charge on any atom is -0.410 e. The summed E-state index contributed by atoms with van der Waals surface area (Å²) >= 11 is 0. The lowest BCUT2D eigenvalue weighted by molar-refractivity contribution is 0.199. The van der Waals surface area contributed by atoms with E-state index in [-0.39, 0.29) is 6.54 Å². The van der Waals surface area contributed by atoms with Crippen LogP contribution in [0.15, 0.2) is 30.3 Å². The first kappa shape index (κ1) is 11.1. The van der Waals surface area contributed by atoms with E-state index in [0.29, 0.717) is 11.6 Å². The van der Waals surface area contributed by atoms with Gasteiger partial charge in [-0.05, 0) is 22.6 Å². The third kappa shape index (κ3) is 3.00. The molecule has 0 radical (unpaired) electrons. The Morgan fingerprint density at radius 1 is 1.41 bits per heavy atom. The van der Waals surface area contributed by atoms with Crippen LogP contribution in [0.5, 0.6) is 5.75 Å². The second-order valence-electron chi connectivity index (χ2n) is 3.27. The van der Waals surface area contributed by atoms with Crippen LogP contribution in [0.3, 0.4) is 0 Å². The number of carbonyl (C=O) groups excluding carboxylic acids is 1. The number of rotatable bonds is 3. The summed E-state index contributed by atoms with van der Waals surface area (Å²) in [5.74, 6) is 1.04. The van der Waals surface area contributed by atoms with E-state index < -0.39 is 6.09 Å². The van der Waals surface area contributed by atoms with Crippen molar-refractivity contribution in [3.05, 3.63) is 36.2 Å². The normalized spacial score (nSPS) is 9.94. The molecule has 1 heterocycles. The van der Waals surface area contributed by atoms with Gasteiger partial charge in [-0.2, -0.15) is 0 Å². The summed E-state index contributed by atoms with van der Waals surface area (Å²) in [6, 6.07) is 8.81. The Balaban J connectivity index is 1.84. The first-order valence-electron chi connectivity index (χ1n) is 4.97. The van der Waals surface area contributed by atoms with Gasteiger partial charge >= 0.3 is 6.09 Å². The Morgan fingerprint density at radius 2 is 2.18 bits per heavy atom. The third-order valence-corrected chi connectivity index (χ3v) is 2.05. The number of amides is 1. The summed E-state index contributed by atoms with van der Waals surface area (Å²) < 4.78 is 6.50. The fraction of sp³-hybridized carbons (Fsp3) is 0.200. The molecule has 0 aliphatic heterocycles. The average Bonchev–Trinajstić information content (AvgIpc) is 2.74. The minimum absolute atomic E-state index is 0.217. The Bertz CT molecular complexity index is 496. The van der Waals surface area contributed by atoms with Gasteiger partial charge in [0.05, 0.1) is 6.54 Å². The highest BCUT2D eigenvalue weighted by atomic mass is 16.6. The maximum Gasteiger partial charge on any atom is 0.412 e. The number of tetrazole rings is 1. The molecule has 1 amide bonds. The zero-order valence-electron chi connectivity index (χ0n) is 9.20. The highest BCUT2D eigenvalue weighted by Crippen LogP contribution is 2.08. The van der Waals surface area contributed by atoms with Crippen LogP contribution in [0.4, 0.5) is 4.79 Å². The van der Waals surface area contributed by atoms with E-state index in [1.165, 1.54) is 4.68 Å². The Labute approximate surface area is 97.4 Å². The first-order valence-corrected chi connectivity index (χ1v) is 4.97. The molecule has 0 atom stereocenters. The Kier molecular flexibility index (Phi) is 3.29. The number of aromatic nitrogens is 4. The van der Waals surface area contributed by atoms with Crippen LogP contribution in [0, 0.1) is 0 Å². The standard InChI is InChI=1S/C10H11N5O2/c1-15-9(12-13-14-15)7-11-10(16)17-8-5-3-2-4-6-8/h2-6H,7H2,1H3,(H,11,16). The van der Waals surface area contributed by atoms with Gasteiger partial charge in [-0.25, -0.2) is 9.48 Å². The van der Waals surface area contributed by atoms with E-state index in [1.54, 1.807) is 31.3 Å². The zero-order chi connectivity index (χ0) is 12.1. The molecule has 1 aromatic carbocycles. The van der Waals surface area contributed by atoms with Gasteiger partial charge in [0.2, 0.25) is 0 Å². The molecule has 0 fully saturated rings. The van der Waals surface area contributed by atoms with Crippen molar-refractivity contribution in [1.29, 1.82) is 0 Å². The van der Waals surface area contributed by atoms with Crippen molar-refractivity contribution in [2.45, 2.75) is 6.54 Å². The van der Waals surface area contributed by atoms with Crippen molar-refractivity contribution in [3.8, 4) is 5.75 Å². The molecule has 0 bridgehead atoms. The zero-order valence-corrected chi connectivity index (χ0v) is 9.20. The fourth-order valence-electron chi connectivity index (χ4n) is 1.18. The predicted octanol–water partition coefficient (Wildman–Crippen LogP) is 0.499. The smallest absolute Gasteiger partial charge is 0.410 e. The lowest BCUT2D eigenvalue weighted by Gasteiger charge is -2.05. The van der Waals surface area contributed by atoms with Gasteiger partial charge in [-0.3, -0.25) is 0 Å². The molecule has 0 aliphatic rings. The number of benzene rings is 1. The number of carbonyl (C=O) groups is 1. The molecule has 7 heteroatoms. The second kappa shape index (κ2) is 5.06. The number of hydrogen-bond donors (Lipinski definition) is 1. The van der Waals surface area contributed by atoms with Crippen molar-refractivity contribution in [2.24, 2.45) is 7.05 Å². The highest BCUT2D eigenvalue weighted by Gasteiger charge is 2.06. The molecule has 0 spiro atoms. The van der Waals surface area contributed by atoms with E-state index in [0.717, 1.165) is 0 Å². The summed E-state index contributed by atoms with van der Waals surface area (Å²) in [5, 5.41) is 13.4. The molecule has 0 unspecified atom stereocenters. The van der Waals surface area contributed by atoms with Crippen molar-refractivity contribution < 1.29 is 9.53 Å². The first-order chi connectivity index (χ1) is 8.25. The van der Waals surface area contributed by atoms with E-state index >= 15 is 0 Å². The molecule has 2 aromatic rings. The summed E-state index contributed by atoms with van der Waals surface area (Å²) in [6.45, 7) is 0.217. The molecule has 1 N–H and O–H groups in total. The van der Waals surface area contributed by atoms with E-state index in [4.69, 9.17) is 4.74 Å². The molecular formula is C10H11N5O2. The van der Waals surface area contributed by atoms with Crippen LogP contribution in [0.1, 0.15) is 5.82 Å². The van der Waals surface area contributed by atoms with Crippen molar-refractivity contribution in [1.82, 2.24) is 25.5 Å². The number of aryl methyl sites for hydroxylation is 1. The largest absolute Gasteiger partial charge is 0.412 e. The Hall–Kier alpha value is -2.44. The minimum atomic E-state index is -0.542. The molecule has 7 nitrogen and oxygen atoms in total. The molecule has 0 aliphatic carbocycles. The number of nitrogens with one attached hydrogen (secondary N) is 1. The Morgan fingerprint density at radius 3 is 2.82 bits per heavy atom. The van der Waals surface area contributed by atoms with Crippen molar-refractivity contribution in [3.63, 3.8) is 0 Å². The van der Waals surface area contributed by atoms with Crippen molar-refractivity contribution in [2.75, 3.05) is 0 Å². The van der Waals surface area contributed by atoms with Crippen LogP contribution < -0.4 is 10.1 Å². The summed E-state index contributed by atoms with van der Waals surface area (Å²) in [5.41, 5.74) is 0. The highest BCUT2D eigenvalue weighted by molar-refractivity contribution is 5.70. The van der Waals surface area contributed by atoms with Crippen LogP contribution in [0.2, 0.25) is 0 Å². The van der Waals surface area contributed by atoms with Crippen LogP contribution in [-0.4, -0.2) is 26.3 Å². The SMILES string of the molecule is Cn1nnnc1CNC(=O)Oc1ccccc1. The number of ether oxygens (including phenoxy) is 1. The van der Waals surface area contributed by atoms with Crippen LogP contribution in [-0.2, 0) is 13.6 Å². The second-order valence-corrected chi connectivity index (χ2v) is 3.27. The van der Waals surface area contributed by atoms with Crippen molar-refractivity contribution >= 4 is 6.09 Å². The van der Waals surface area contributed by atoms with Gasteiger partial charge in [-0.15, -0.1) is 5.10 Å². The van der Waals surface area contributed by atoms with Gasteiger partial charge in [0.15, 0.2) is 5.82 Å². The third-order valence-electron chi connectivity index (χ3n) is 2.05. The van der Waals surface area contributed by atoms with Crippen LogP contribution >= 0.6 is 0 Å². The van der Waals surface area contributed by atoms with Crippen LogP contribution in [0.25, 0.3) is 0 Å². The molecule has 17 heavy (non-hydrogen) atoms. The van der Waals surface area contributed by atoms with Gasteiger partial charge in [-0.1, -0.05) is 18.2 Å².